The topological polar surface area (TPSA) is 24.1 Å². The number of rotatable bonds is 4. The maximum atomic E-state index is 6.25. The van der Waals surface area contributed by atoms with Crippen LogP contribution in [0.5, 0.6) is 0 Å². The smallest absolute Gasteiger partial charge is 0.104 e. The van der Waals surface area contributed by atoms with E-state index in [4.69, 9.17) is 23.2 Å². The average Bonchev–Trinajstić information content (AvgIpc) is 2.56. The van der Waals surface area contributed by atoms with Gasteiger partial charge in [-0.05, 0) is 30.0 Å². The molecule has 0 saturated heterocycles. The summed E-state index contributed by atoms with van der Waals surface area (Å²) in [6, 6.07) is 14.0. The molecule has 1 aliphatic rings. The fraction of sp³-hybridized carbons (Fsp3) is 0.176. The van der Waals surface area contributed by atoms with Crippen molar-refractivity contribution in [3.05, 3.63) is 75.9 Å². The SMILES string of the molecule is Cl.Clc1cccc(Cl)c1CSc1ccccc1C1NC=CCN1. The van der Waals surface area contributed by atoms with Crippen molar-refractivity contribution in [2.24, 2.45) is 0 Å². The number of hydrogen-bond donors (Lipinski definition) is 2. The molecule has 0 spiro atoms. The third kappa shape index (κ3) is 4.59. The van der Waals surface area contributed by atoms with Crippen molar-refractivity contribution in [3.63, 3.8) is 0 Å². The van der Waals surface area contributed by atoms with Crippen LogP contribution in [0.3, 0.4) is 0 Å². The van der Waals surface area contributed by atoms with Crippen molar-refractivity contribution >= 4 is 47.4 Å². The lowest BCUT2D eigenvalue weighted by Gasteiger charge is -2.24. The summed E-state index contributed by atoms with van der Waals surface area (Å²) in [7, 11) is 0. The van der Waals surface area contributed by atoms with Gasteiger partial charge in [-0.2, -0.15) is 0 Å². The van der Waals surface area contributed by atoms with Gasteiger partial charge in [0.15, 0.2) is 0 Å². The van der Waals surface area contributed by atoms with E-state index in [0.717, 1.165) is 17.9 Å². The molecule has 1 heterocycles. The lowest BCUT2D eigenvalue weighted by Crippen LogP contribution is -2.35. The standard InChI is InChI=1S/C17H16Cl2N2S.ClH/c18-14-6-3-7-15(19)13(14)11-22-16-8-2-1-5-12(16)17-20-9-4-10-21-17;/h1-9,17,20-21H,10-11H2;1H. The summed E-state index contributed by atoms with van der Waals surface area (Å²) in [5.74, 6) is 0.748. The van der Waals surface area contributed by atoms with E-state index >= 15 is 0 Å². The third-order valence-electron chi connectivity index (χ3n) is 3.48. The predicted octanol–water partition coefficient (Wildman–Crippen LogP) is 5.41. The first-order valence-electron chi connectivity index (χ1n) is 7.05. The molecule has 2 aromatic carbocycles. The zero-order valence-electron chi connectivity index (χ0n) is 12.3. The van der Waals surface area contributed by atoms with Gasteiger partial charge in [0.25, 0.3) is 0 Å². The van der Waals surface area contributed by atoms with E-state index in [1.54, 1.807) is 11.8 Å². The molecule has 2 nitrogen and oxygen atoms in total. The molecule has 0 aromatic heterocycles. The van der Waals surface area contributed by atoms with Crippen LogP contribution in [0, 0.1) is 0 Å². The molecule has 122 valence electrons. The fourth-order valence-corrected chi connectivity index (χ4v) is 4.17. The molecular weight excluding hydrogens is 371 g/mol. The van der Waals surface area contributed by atoms with Crippen molar-refractivity contribution < 1.29 is 0 Å². The molecule has 0 aliphatic carbocycles. The Morgan fingerprint density at radius 1 is 1.04 bits per heavy atom. The predicted molar refractivity (Wildman–Crippen MR) is 103 cm³/mol. The molecule has 3 rings (SSSR count). The van der Waals surface area contributed by atoms with Gasteiger partial charge in [0.1, 0.15) is 6.17 Å². The molecule has 2 aromatic rings. The molecule has 0 bridgehead atoms. The fourth-order valence-electron chi connectivity index (χ4n) is 2.34. The van der Waals surface area contributed by atoms with Gasteiger partial charge in [-0.15, -0.1) is 24.2 Å². The number of nitrogens with one attached hydrogen (secondary N) is 2. The minimum absolute atomic E-state index is 0. The lowest BCUT2D eigenvalue weighted by molar-refractivity contribution is 0.491. The minimum Gasteiger partial charge on any atom is -0.372 e. The van der Waals surface area contributed by atoms with Gasteiger partial charge in [-0.3, -0.25) is 5.32 Å². The monoisotopic (exact) mass is 386 g/mol. The summed E-state index contributed by atoms with van der Waals surface area (Å²) in [6.45, 7) is 0.868. The van der Waals surface area contributed by atoms with Gasteiger partial charge in [0, 0.05) is 32.8 Å². The second kappa shape index (κ2) is 8.86. The van der Waals surface area contributed by atoms with E-state index in [1.165, 1.54) is 10.5 Å². The molecular formula is C17H17Cl3N2S. The lowest BCUT2D eigenvalue weighted by atomic mass is 10.1. The van der Waals surface area contributed by atoms with E-state index in [-0.39, 0.29) is 18.6 Å². The molecule has 0 saturated carbocycles. The summed E-state index contributed by atoms with van der Waals surface area (Å²) in [4.78, 5) is 1.22. The molecule has 0 radical (unpaired) electrons. The van der Waals surface area contributed by atoms with Crippen molar-refractivity contribution in [3.8, 4) is 0 Å². The van der Waals surface area contributed by atoms with Gasteiger partial charge >= 0.3 is 0 Å². The van der Waals surface area contributed by atoms with Gasteiger partial charge < -0.3 is 5.32 Å². The molecule has 23 heavy (non-hydrogen) atoms. The first-order valence-corrected chi connectivity index (χ1v) is 8.79. The maximum Gasteiger partial charge on any atom is 0.104 e. The summed E-state index contributed by atoms with van der Waals surface area (Å²) >= 11 is 14.3. The van der Waals surface area contributed by atoms with E-state index in [2.05, 4.69) is 41.0 Å². The molecule has 0 amide bonds. The van der Waals surface area contributed by atoms with Gasteiger partial charge in [-0.25, -0.2) is 0 Å². The van der Waals surface area contributed by atoms with Crippen LogP contribution in [-0.4, -0.2) is 6.54 Å². The Kier molecular flexibility index (Phi) is 7.12. The van der Waals surface area contributed by atoms with Crippen LogP contribution in [0.25, 0.3) is 0 Å². The highest BCUT2D eigenvalue weighted by molar-refractivity contribution is 7.98. The van der Waals surface area contributed by atoms with E-state index in [9.17, 15) is 0 Å². The van der Waals surface area contributed by atoms with Crippen molar-refractivity contribution in [1.82, 2.24) is 10.6 Å². The second-order valence-electron chi connectivity index (χ2n) is 4.94. The summed E-state index contributed by atoms with van der Waals surface area (Å²) in [5.41, 5.74) is 2.22. The largest absolute Gasteiger partial charge is 0.372 e. The molecule has 1 aliphatic heterocycles. The van der Waals surface area contributed by atoms with E-state index in [0.29, 0.717) is 10.0 Å². The average molecular weight is 388 g/mol. The van der Waals surface area contributed by atoms with Crippen LogP contribution in [0.4, 0.5) is 0 Å². The van der Waals surface area contributed by atoms with Crippen molar-refractivity contribution in [2.45, 2.75) is 16.8 Å². The quantitative estimate of drug-likeness (QED) is 0.686. The summed E-state index contributed by atoms with van der Waals surface area (Å²) < 4.78 is 0. The molecule has 1 unspecified atom stereocenters. The molecule has 1 atom stereocenters. The van der Waals surface area contributed by atoms with Crippen LogP contribution in [-0.2, 0) is 5.75 Å². The van der Waals surface area contributed by atoms with E-state index in [1.807, 2.05) is 24.4 Å². The van der Waals surface area contributed by atoms with E-state index < -0.39 is 0 Å². The first kappa shape index (κ1) is 18.5. The van der Waals surface area contributed by atoms with Crippen LogP contribution in [0.2, 0.25) is 10.0 Å². The van der Waals surface area contributed by atoms with Gasteiger partial charge in [0.05, 0.1) is 0 Å². The zero-order valence-corrected chi connectivity index (χ0v) is 15.4. The van der Waals surface area contributed by atoms with Crippen LogP contribution in [0.1, 0.15) is 17.3 Å². The second-order valence-corrected chi connectivity index (χ2v) is 6.77. The Bertz CT molecular complexity index is 671. The highest BCUT2D eigenvalue weighted by Crippen LogP contribution is 2.34. The molecule has 0 fully saturated rings. The maximum absolute atomic E-state index is 6.25. The third-order valence-corrected chi connectivity index (χ3v) is 5.31. The normalized spacial score (nSPS) is 16.5. The Morgan fingerprint density at radius 2 is 1.78 bits per heavy atom. The Balaban J connectivity index is 0.00000192. The zero-order chi connectivity index (χ0) is 15.4. The number of hydrogen-bond acceptors (Lipinski definition) is 3. The molecule has 2 N–H and O–H groups in total. The minimum atomic E-state index is 0. The van der Waals surface area contributed by atoms with Gasteiger partial charge in [0.2, 0.25) is 0 Å². The highest BCUT2D eigenvalue weighted by Gasteiger charge is 2.15. The summed E-state index contributed by atoms with van der Waals surface area (Å²) in [6.07, 6.45) is 4.19. The van der Waals surface area contributed by atoms with Crippen molar-refractivity contribution in [2.75, 3.05) is 6.54 Å². The number of benzene rings is 2. The Labute approximate surface area is 157 Å². The van der Waals surface area contributed by atoms with Crippen LogP contribution < -0.4 is 10.6 Å². The Hall–Kier alpha value is -0.840. The molecule has 6 heteroatoms. The van der Waals surface area contributed by atoms with Crippen molar-refractivity contribution in [1.29, 1.82) is 0 Å². The highest BCUT2D eigenvalue weighted by atomic mass is 35.5. The number of halogens is 3. The van der Waals surface area contributed by atoms with Crippen LogP contribution >= 0.6 is 47.4 Å². The number of thioether (sulfide) groups is 1. The Morgan fingerprint density at radius 3 is 2.48 bits per heavy atom. The van der Waals surface area contributed by atoms with Gasteiger partial charge in [-0.1, -0.05) is 53.5 Å². The van der Waals surface area contributed by atoms with Crippen LogP contribution in [0.15, 0.2) is 59.6 Å². The summed E-state index contributed by atoms with van der Waals surface area (Å²) in [5, 5.41) is 8.21. The first-order chi connectivity index (χ1) is 10.8.